The Labute approximate surface area is 94.1 Å². The highest BCUT2D eigenvalue weighted by Crippen LogP contribution is 2.24. The quantitative estimate of drug-likeness (QED) is 0.854. The molecule has 0 aliphatic rings. The maximum atomic E-state index is 13.6. The number of hydrogen-bond acceptors (Lipinski definition) is 2. The van der Waals surface area contributed by atoms with Gasteiger partial charge in [-0.2, -0.15) is 0 Å². The van der Waals surface area contributed by atoms with Gasteiger partial charge in [-0.15, -0.1) is 0 Å². The molecule has 1 N–H and O–H groups in total. The van der Waals surface area contributed by atoms with E-state index in [0.29, 0.717) is 5.56 Å². The summed E-state index contributed by atoms with van der Waals surface area (Å²) in [6.07, 6.45) is 3.10. The van der Waals surface area contributed by atoms with Crippen molar-refractivity contribution in [2.45, 2.75) is 13.5 Å². The van der Waals surface area contributed by atoms with Gasteiger partial charge in [0.25, 0.3) is 0 Å². The minimum atomic E-state index is -0.221. The van der Waals surface area contributed by atoms with Gasteiger partial charge in [0.05, 0.1) is 12.5 Å². The van der Waals surface area contributed by atoms with Crippen molar-refractivity contribution in [3.05, 3.63) is 48.2 Å². The van der Waals surface area contributed by atoms with Crippen molar-refractivity contribution in [2.24, 2.45) is 0 Å². The summed E-state index contributed by atoms with van der Waals surface area (Å²) in [5.41, 5.74) is 2.43. The lowest BCUT2D eigenvalue weighted by molar-refractivity contribution is 0.567. The Hall–Kier alpha value is -1.61. The molecule has 0 saturated carbocycles. The van der Waals surface area contributed by atoms with Gasteiger partial charge in [0.1, 0.15) is 5.82 Å². The molecule has 0 bridgehead atoms. The van der Waals surface area contributed by atoms with E-state index in [9.17, 15) is 4.39 Å². The minimum absolute atomic E-state index is 0.221. The highest BCUT2D eigenvalue weighted by Gasteiger charge is 2.07. The van der Waals surface area contributed by atoms with Crippen LogP contribution in [0.25, 0.3) is 11.1 Å². The lowest BCUT2D eigenvalue weighted by Crippen LogP contribution is -2.11. The van der Waals surface area contributed by atoms with Gasteiger partial charge in [0.2, 0.25) is 0 Å². The third-order valence-corrected chi connectivity index (χ3v) is 2.44. The van der Waals surface area contributed by atoms with Crippen LogP contribution in [-0.4, -0.2) is 6.54 Å². The first-order valence-corrected chi connectivity index (χ1v) is 5.33. The van der Waals surface area contributed by atoms with Crippen molar-refractivity contribution < 1.29 is 8.81 Å². The second-order valence-corrected chi connectivity index (χ2v) is 3.61. The molecule has 16 heavy (non-hydrogen) atoms. The Morgan fingerprint density at radius 2 is 2.19 bits per heavy atom. The first-order valence-electron chi connectivity index (χ1n) is 5.33. The Kier molecular flexibility index (Phi) is 3.37. The van der Waals surface area contributed by atoms with Crippen LogP contribution in [0.15, 0.2) is 41.2 Å². The molecule has 2 aromatic rings. The van der Waals surface area contributed by atoms with Gasteiger partial charge in [-0.1, -0.05) is 13.0 Å². The average Bonchev–Trinajstić information content (AvgIpc) is 2.81. The normalized spacial score (nSPS) is 10.6. The largest absolute Gasteiger partial charge is 0.472 e. The van der Waals surface area contributed by atoms with Crippen LogP contribution >= 0.6 is 0 Å². The van der Waals surface area contributed by atoms with Crippen molar-refractivity contribution in [1.82, 2.24) is 5.32 Å². The Morgan fingerprint density at radius 1 is 1.31 bits per heavy atom. The molecule has 0 atom stereocenters. The fraction of sp³-hybridized carbons (Fsp3) is 0.231. The second-order valence-electron chi connectivity index (χ2n) is 3.61. The molecular weight excluding hydrogens is 205 g/mol. The topological polar surface area (TPSA) is 25.2 Å². The van der Waals surface area contributed by atoms with Gasteiger partial charge >= 0.3 is 0 Å². The van der Waals surface area contributed by atoms with Crippen molar-refractivity contribution in [2.75, 3.05) is 6.54 Å². The summed E-state index contributed by atoms with van der Waals surface area (Å²) in [5.74, 6) is -0.221. The van der Waals surface area contributed by atoms with Crippen LogP contribution in [0.2, 0.25) is 0 Å². The lowest BCUT2D eigenvalue weighted by atomic mass is 10.1. The van der Waals surface area contributed by atoms with Crippen molar-refractivity contribution in [3.63, 3.8) is 0 Å². The summed E-state index contributed by atoms with van der Waals surface area (Å²) >= 11 is 0. The molecule has 1 aromatic heterocycles. The van der Waals surface area contributed by atoms with Crippen LogP contribution < -0.4 is 5.32 Å². The summed E-state index contributed by atoms with van der Waals surface area (Å²) in [6, 6.07) is 6.90. The predicted octanol–water partition coefficient (Wildman–Crippen LogP) is 3.20. The summed E-state index contributed by atoms with van der Waals surface area (Å²) in [7, 11) is 0. The Morgan fingerprint density at radius 3 is 2.88 bits per heavy atom. The molecule has 0 amide bonds. The molecule has 0 saturated heterocycles. The third-order valence-electron chi connectivity index (χ3n) is 2.44. The number of rotatable bonds is 4. The fourth-order valence-electron chi connectivity index (χ4n) is 1.59. The van der Waals surface area contributed by atoms with Crippen molar-refractivity contribution in [1.29, 1.82) is 0 Å². The van der Waals surface area contributed by atoms with E-state index in [1.807, 2.05) is 13.0 Å². The molecule has 1 aromatic carbocycles. The van der Waals surface area contributed by atoms with E-state index in [-0.39, 0.29) is 5.82 Å². The Balaban J connectivity index is 2.30. The van der Waals surface area contributed by atoms with Crippen LogP contribution in [0, 0.1) is 5.82 Å². The van der Waals surface area contributed by atoms with Crippen LogP contribution in [0.4, 0.5) is 4.39 Å². The monoisotopic (exact) mass is 219 g/mol. The van der Waals surface area contributed by atoms with Crippen molar-refractivity contribution in [3.8, 4) is 11.1 Å². The van der Waals surface area contributed by atoms with Gasteiger partial charge in [0.15, 0.2) is 0 Å². The number of nitrogens with one attached hydrogen (secondary N) is 1. The molecule has 84 valence electrons. The molecule has 1 heterocycles. The lowest BCUT2D eigenvalue weighted by Gasteiger charge is -2.05. The summed E-state index contributed by atoms with van der Waals surface area (Å²) in [5, 5.41) is 3.21. The molecule has 0 unspecified atom stereocenters. The van der Waals surface area contributed by atoms with Crippen LogP contribution in [0.5, 0.6) is 0 Å². The first-order chi connectivity index (χ1) is 7.81. The maximum absolute atomic E-state index is 13.6. The summed E-state index contributed by atoms with van der Waals surface area (Å²) in [4.78, 5) is 0. The van der Waals surface area contributed by atoms with Gasteiger partial charge in [0, 0.05) is 17.7 Å². The molecular formula is C13H14FNO. The number of furan rings is 1. The zero-order valence-electron chi connectivity index (χ0n) is 9.16. The van der Waals surface area contributed by atoms with Gasteiger partial charge < -0.3 is 9.73 Å². The molecule has 2 nitrogen and oxygen atoms in total. The molecule has 3 heteroatoms. The third kappa shape index (κ3) is 2.31. The molecule has 0 spiro atoms. The summed E-state index contributed by atoms with van der Waals surface area (Å²) in [6.45, 7) is 3.70. The first kappa shape index (κ1) is 10.9. The standard InChI is InChI=1S/C13H14FNO/c1-2-15-8-10-3-4-13(14)12(7-10)11-5-6-16-9-11/h3-7,9,15H,2,8H2,1H3. The van der Waals surface area contributed by atoms with E-state index in [2.05, 4.69) is 5.32 Å². The molecule has 2 rings (SSSR count). The Bertz CT molecular complexity index is 451. The number of halogens is 1. The smallest absolute Gasteiger partial charge is 0.131 e. The number of hydrogen-bond donors (Lipinski definition) is 1. The van der Waals surface area contributed by atoms with Crippen LogP contribution in [0.1, 0.15) is 12.5 Å². The minimum Gasteiger partial charge on any atom is -0.472 e. The van der Waals surface area contributed by atoms with Gasteiger partial charge in [-0.3, -0.25) is 0 Å². The fourth-order valence-corrected chi connectivity index (χ4v) is 1.59. The van der Waals surface area contributed by atoms with Gasteiger partial charge in [-0.25, -0.2) is 4.39 Å². The van der Waals surface area contributed by atoms with E-state index < -0.39 is 0 Å². The molecule has 0 radical (unpaired) electrons. The van der Waals surface area contributed by atoms with E-state index in [4.69, 9.17) is 4.42 Å². The van der Waals surface area contributed by atoms with E-state index in [1.54, 1.807) is 24.7 Å². The highest BCUT2D eigenvalue weighted by atomic mass is 19.1. The molecule has 0 aliphatic heterocycles. The van der Waals surface area contributed by atoms with Gasteiger partial charge in [-0.05, 0) is 30.3 Å². The van der Waals surface area contributed by atoms with E-state index >= 15 is 0 Å². The van der Waals surface area contributed by atoms with E-state index in [1.165, 1.54) is 6.07 Å². The number of benzene rings is 1. The van der Waals surface area contributed by atoms with Crippen molar-refractivity contribution >= 4 is 0 Å². The zero-order valence-corrected chi connectivity index (χ0v) is 9.16. The van der Waals surface area contributed by atoms with Crippen LogP contribution in [-0.2, 0) is 6.54 Å². The highest BCUT2D eigenvalue weighted by molar-refractivity contribution is 5.63. The molecule has 0 aliphatic carbocycles. The maximum Gasteiger partial charge on any atom is 0.131 e. The van der Waals surface area contributed by atoms with E-state index in [0.717, 1.165) is 24.2 Å². The SMILES string of the molecule is CCNCc1ccc(F)c(-c2ccoc2)c1. The van der Waals surface area contributed by atoms with Crippen LogP contribution in [0.3, 0.4) is 0 Å². The predicted molar refractivity (Wildman–Crippen MR) is 61.5 cm³/mol. The average molecular weight is 219 g/mol. The summed E-state index contributed by atoms with van der Waals surface area (Å²) < 4.78 is 18.6. The second kappa shape index (κ2) is 4.94. The zero-order chi connectivity index (χ0) is 11.4. The molecule has 0 fully saturated rings.